The van der Waals surface area contributed by atoms with E-state index in [1.54, 1.807) is 14.2 Å². The van der Waals surface area contributed by atoms with Crippen molar-refractivity contribution in [1.82, 2.24) is 10.2 Å². The molecule has 1 aliphatic heterocycles. The molecule has 1 atom stereocenters. The molecule has 2 heterocycles. The van der Waals surface area contributed by atoms with Crippen molar-refractivity contribution in [3.8, 4) is 5.75 Å². The number of β-amino-alcohol motifs (C(OH)–C–C–N with tert-alkyl or cyclic N) is 1. The lowest BCUT2D eigenvalue weighted by atomic mass is 10.0. The Kier molecular flexibility index (Phi) is 6.31. The van der Waals surface area contributed by atoms with Crippen LogP contribution in [-0.4, -0.2) is 62.6 Å². The van der Waals surface area contributed by atoms with Crippen LogP contribution in [-0.2, 0) is 11.3 Å². The normalized spacial score (nSPS) is 17.9. The summed E-state index contributed by atoms with van der Waals surface area (Å²) in [5, 5.41) is 14.5. The van der Waals surface area contributed by atoms with Crippen molar-refractivity contribution in [1.29, 1.82) is 0 Å². The predicted molar refractivity (Wildman–Crippen MR) is 97.0 cm³/mol. The average molecular weight is 348 g/mol. The number of furan rings is 1. The van der Waals surface area contributed by atoms with Gasteiger partial charge >= 0.3 is 0 Å². The molecule has 0 radical (unpaired) electrons. The van der Waals surface area contributed by atoms with Crippen LogP contribution >= 0.6 is 0 Å². The van der Waals surface area contributed by atoms with Crippen LogP contribution in [0, 0.1) is 0 Å². The van der Waals surface area contributed by atoms with Gasteiger partial charge in [-0.15, -0.1) is 0 Å². The standard InChI is InChI=1S/C19H28N2O4/c1-23-13-16(22)12-21-7-5-15(6-8-21)20-11-18-10-14-9-17(24-2)3-4-19(14)25-18/h3-4,9-10,15-16,20,22H,5-8,11-13H2,1-2H3. The van der Waals surface area contributed by atoms with Crippen molar-refractivity contribution in [3.05, 3.63) is 30.0 Å². The molecule has 1 saturated heterocycles. The number of methoxy groups -OCH3 is 2. The number of piperidine rings is 1. The molecule has 0 saturated carbocycles. The van der Waals surface area contributed by atoms with Gasteiger partial charge in [0, 0.05) is 25.1 Å². The number of aliphatic hydroxyl groups excluding tert-OH is 1. The van der Waals surface area contributed by atoms with Gasteiger partial charge in [0.05, 0.1) is 26.4 Å². The monoisotopic (exact) mass is 348 g/mol. The largest absolute Gasteiger partial charge is 0.497 e. The molecular weight excluding hydrogens is 320 g/mol. The van der Waals surface area contributed by atoms with Gasteiger partial charge in [0.2, 0.25) is 0 Å². The maximum atomic E-state index is 9.82. The van der Waals surface area contributed by atoms with E-state index in [1.165, 1.54) is 0 Å². The third-order valence-corrected chi connectivity index (χ3v) is 4.76. The highest BCUT2D eigenvalue weighted by Gasteiger charge is 2.21. The zero-order valence-corrected chi connectivity index (χ0v) is 15.0. The van der Waals surface area contributed by atoms with Gasteiger partial charge in [-0.3, -0.25) is 0 Å². The summed E-state index contributed by atoms with van der Waals surface area (Å²) in [5.41, 5.74) is 0.888. The maximum Gasteiger partial charge on any atom is 0.134 e. The molecule has 138 valence electrons. The zero-order valence-electron chi connectivity index (χ0n) is 15.0. The van der Waals surface area contributed by atoms with Crippen molar-refractivity contribution in [2.45, 2.75) is 31.5 Å². The molecule has 6 heteroatoms. The van der Waals surface area contributed by atoms with Crippen molar-refractivity contribution in [2.24, 2.45) is 0 Å². The number of rotatable bonds is 8. The molecule has 1 aromatic heterocycles. The first kappa shape index (κ1) is 18.2. The molecule has 1 fully saturated rings. The number of ether oxygens (including phenoxy) is 2. The van der Waals surface area contributed by atoms with Crippen LogP contribution in [0.1, 0.15) is 18.6 Å². The van der Waals surface area contributed by atoms with Gasteiger partial charge in [-0.05, 0) is 50.2 Å². The summed E-state index contributed by atoms with van der Waals surface area (Å²) < 4.78 is 16.1. The quantitative estimate of drug-likeness (QED) is 0.761. The Morgan fingerprint density at radius 1 is 1.28 bits per heavy atom. The van der Waals surface area contributed by atoms with Gasteiger partial charge in [-0.2, -0.15) is 0 Å². The van der Waals surface area contributed by atoms with Crippen molar-refractivity contribution in [3.63, 3.8) is 0 Å². The molecule has 25 heavy (non-hydrogen) atoms. The van der Waals surface area contributed by atoms with E-state index in [4.69, 9.17) is 13.9 Å². The first-order valence-corrected chi connectivity index (χ1v) is 8.87. The summed E-state index contributed by atoms with van der Waals surface area (Å²) in [4.78, 5) is 2.30. The lowest BCUT2D eigenvalue weighted by molar-refractivity contribution is 0.0310. The number of hydrogen-bond donors (Lipinski definition) is 2. The Hall–Kier alpha value is -1.60. The molecule has 6 nitrogen and oxygen atoms in total. The zero-order chi connectivity index (χ0) is 17.6. The number of likely N-dealkylation sites (tertiary alicyclic amines) is 1. The van der Waals surface area contributed by atoms with E-state index in [-0.39, 0.29) is 0 Å². The van der Waals surface area contributed by atoms with Crippen LogP contribution in [0.25, 0.3) is 11.0 Å². The van der Waals surface area contributed by atoms with E-state index in [9.17, 15) is 5.11 Å². The molecule has 0 bridgehead atoms. The summed E-state index contributed by atoms with van der Waals surface area (Å²) in [6.45, 7) is 3.81. The molecule has 0 aliphatic carbocycles. The van der Waals surface area contributed by atoms with Crippen LogP contribution in [0.5, 0.6) is 5.75 Å². The highest BCUT2D eigenvalue weighted by molar-refractivity contribution is 5.79. The molecule has 2 aromatic rings. The minimum atomic E-state index is -0.401. The molecule has 2 N–H and O–H groups in total. The van der Waals surface area contributed by atoms with Gasteiger partial charge < -0.3 is 29.2 Å². The lowest BCUT2D eigenvalue weighted by Crippen LogP contribution is -2.45. The minimum absolute atomic E-state index is 0.398. The van der Waals surface area contributed by atoms with E-state index in [1.807, 2.05) is 18.2 Å². The minimum Gasteiger partial charge on any atom is -0.497 e. The van der Waals surface area contributed by atoms with Gasteiger partial charge in [-0.25, -0.2) is 0 Å². The molecule has 3 rings (SSSR count). The highest BCUT2D eigenvalue weighted by Crippen LogP contribution is 2.24. The third-order valence-electron chi connectivity index (χ3n) is 4.76. The second kappa shape index (κ2) is 8.67. The number of benzene rings is 1. The first-order chi connectivity index (χ1) is 12.2. The number of fused-ring (bicyclic) bond motifs is 1. The SMILES string of the molecule is COCC(O)CN1CCC(NCc2cc3cc(OC)ccc3o2)CC1. The summed E-state index contributed by atoms with van der Waals surface area (Å²) in [6.07, 6.45) is 1.75. The van der Waals surface area contributed by atoms with Gasteiger partial charge in [0.25, 0.3) is 0 Å². The summed E-state index contributed by atoms with van der Waals surface area (Å²) in [6, 6.07) is 8.41. The van der Waals surface area contributed by atoms with Crippen LogP contribution in [0.3, 0.4) is 0 Å². The summed E-state index contributed by atoms with van der Waals surface area (Å²) in [7, 11) is 3.29. The van der Waals surface area contributed by atoms with E-state index in [0.29, 0.717) is 19.2 Å². The van der Waals surface area contributed by atoms with Crippen molar-refractivity contribution < 1.29 is 19.0 Å². The summed E-state index contributed by atoms with van der Waals surface area (Å²) >= 11 is 0. The molecule has 0 spiro atoms. The van der Waals surface area contributed by atoms with E-state index < -0.39 is 6.10 Å². The molecular formula is C19H28N2O4. The first-order valence-electron chi connectivity index (χ1n) is 8.87. The smallest absolute Gasteiger partial charge is 0.134 e. The van der Waals surface area contributed by atoms with Gasteiger partial charge in [0.1, 0.15) is 17.1 Å². The van der Waals surface area contributed by atoms with E-state index >= 15 is 0 Å². The van der Waals surface area contributed by atoms with Gasteiger partial charge in [0.15, 0.2) is 0 Å². The topological polar surface area (TPSA) is 67.1 Å². The van der Waals surface area contributed by atoms with Crippen molar-refractivity contribution >= 4 is 11.0 Å². The molecule has 1 aliphatic rings. The predicted octanol–water partition coefficient (Wildman–Crippen LogP) is 2.00. The Morgan fingerprint density at radius 3 is 2.80 bits per heavy atom. The molecule has 1 unspecified atom stereocenters. The van der Waals surface area contributed by atoms with Crippen LogP contribution in [0.15, 0.2) is 28.7 Å². The Balaban J connectivity index is 1.45. The third kappa shape index (κ3) is 4.95. The fraction of sp³-hybridized carbons (Fsp3) is 0.579. The van der Waals surface area contributed by atoms with E-state index in [2.05, 4.69) is 16.3 Å². The number of nitrogens with zero attached hydrogens (tertiary/aromatic N) is 1. The van der Waals surface area contributed by atoms with Crippen molar-refractivity contribution in [2.75, 3.05) is 40.5 Å². The average Bonchev–Trinajstić information content (AvgIpc) is 3.03. The second-order valence-electron chi connectivity index (χ2n) is 6.68. The van der Waals surface area contributed by atoms with Crippen LogP contribution in [0.4, 0.5) is 0 Å². The fourth-order valence-corrected chi connectivity index (χ4v) is 3.40. The highest BCUT2D eigenvalue weighted by atomic mass is 16.5. The Bertz CT molecular complexity index is 664. The Labute approximate surface area is 148 Å². The Morgan fingerprint density at radius 2 is 2.08 bits per heavy atom. The number of nitrogens with one attached hydrogen (secondary N) is 1. The maximum absolute atomic E-state index is 9.82. The van der Waals surface area contributed by atoms with E-state index in [0.717, 1.165) is 55.0 Å². The number of aliphatic hydroxyl groups is 1. The summed E-state index contributed by atoms with van der Waals surface area (Å²) in [5.74, 6) is 1.79. The van der Waals surface area contributed by atoms with Crippen LogP contribution < -0.4 is 10.1 Å². The second-order valence-corrected chi connectivity index (χ2v) is 6.68. The lowest BCUT2D eigenvalue weighted by Gasteiger charge is -2.33. The fourth-order valence-electron chi connectivity index (χ4n) is 3.40. The molecule has 1 aromatic carbocycles. The number of hydrogen-bond acceptors (Lipinski definition) is 6. The van der Waals surface area contributed by atoms with Crippen LogP contribution in [0.2, 0.25) is 0 Å². The molecule has 0 amide bonds. The van der Waals surface area contributed by atoms with Gasteiger partial charge in [-0.1, -0.05) is 0 Å².